The summed E-state index contributed by atoms with van der Waals surface area (Å²) >= 11 is 1.37. The van der Waals surface area contributed by atoms with E-state index in [0.717, 1.165) is 16.1 Å². The van der Waals surface area contributed by atoms with Crippen LogP contribution in [0.3, 0.4) is 0 Å². The minimum atomic E-state index is -0.516. The highest BCUT2D eigenvalue weighted by molar-refractivity contribution is 7.15. The van der Waals surface area contributed by atoms with Crippen LogP contribution >= 0.6 is 11.3 Å². The van der Waals surface area contributed by atoms with Gasteiger partial charge < -0.3 is 22.1 Å². The molecule has 3 aromatic rings. The van der Waals surface area contributed by atoms with Crippen LogP contribution in [0.2, 0.25) is 0 Å². The molecular weight excluding hydrogens is 470 g/mol. The monoisotopic (exact) mass is 495 g/mol. The molecule has 1 heterocycles. The maximum absolute atomic E-state index is 12.4. The van der Waals surface area contributed by atoms with Crippen LogP contribution in [0.15, 0.2) is 53.5 Å². The molecule has 0 unspecified atom stereocenters. The molecule has 6 N–H and O–H groups in total. The second kappa shape index (κ2) is 11.7. The number of aliphatic imine (C=N–C) groups is 1. The van der Waals surface area contributed by atoms with Crippen LogP contribution in [0.5, 0.6) is 0 Å². The van der Waals surface area contributed by atoms with E-state index in [4.69, 9.17) is 11.5 Å². The van der Waals surface area contributed by atoms with Crippen molar-refractivity contribution in [2.45, 2.75) is 26.2 Å². The molecule has 0 fully saturated rings. The first kappa shape index (κ1) is 25.3. The molecule has 12 heteroatoms. The highest BCUT2D eigenvalue weighted by atomic mass is 32.1. The Kier molecular flexibility index (Phi) is 8.46. The average molecular weight is 496 g/mol. The van der Waals surface area contributed by atoms with E-state index in [1.165, 1.54) is 42.5 Å². The zero-order valence-corrected chi connectivity index (χ0v) is 19.8. The number of thiazole rings is 1. The molecule has 0 saturated carbocycles. The summed E-state index contributed by atoms with van der Waals surface area (Å²) in [6.07, 6.45) is 1.88. The maximum atomic E-state index is 12.4. The highest BCUT2D eigenvalue weighted by Gasteiger charge is 2.14. The number of nitrogens with zero attached hydrogens (tertiary/aromatic N) is 3. The molecule has 0 atom stereocenters. The van der Waals surface area contributed by atoms with E-state index in [0.29, 0.717) is 42.2 Å². The van der Waals surface area contributed by atoms with Gasteiger partial charge in [-0.05, 0) is 42.7 Å². The molecule has 2 aromatic carbocycles. The Morgan fingerprint density at radius 2 is 1.74 bits per heavy atom. The number of nitro benzene ring substituents is 1. The Hall–Kier alpha value is -4.32. The predicted molar refractivity (Wildman–Crippen MR) is 135 cm³/mol. The summed E-state index contributed by atoms with van der Waals surface area (Å²) in [6.45, 7) is 1.76. The van der Waals surface area contributed by atoms with Gasteiger partial charge in [0, 0.05) is 42.5 Å². The van der Waals surface area contributed by atoms with E-state index in [9.17, 15) is 19.7 Å². The van der Waals surface area contributed by atoms with Crippen LogP contribution in [0.4, 0.5) is 16.5 Å². The van der Waals surface area contributed by atoms with Gasteiger partial charge in [0.2, 0.25) is 5.91 Å². The highest BCUT2D eigenvalue weighted by Crippen LogP contribution is 2.25. The van der Waals surface area contributed by atoms with Gasteiger partial charge in [-0.15, -0.1) is 11.3 Å². The third kappa shape index (κ3) is 7.61. The Labute approximate surface area is 205 Å². The lowest BCUT2D eigenvalue weighted by Crippen LogP contribution is -2.25. The number of benzene rings is 2. The first-order valence-electron chi connectivity index (χ1n) is 10.7. The van der Waals surface area contributed by atoms with Crippen LogP contribution in [0.25, 0.3) is 0 Å². The molecule has 0 saturated heterocycles. The van der Waals surface area contributed by atoms with E-state index in [1.54, 1.807) is 0 Å². The fourth-order valence-electron chi connectivity index (χ4n) is 3.25. The minimum Gasteiger partial charge on any atom is -0.370 e. The van der Waals surface area contributed by atoms with Crippen molar-refractivity contribution in [1.29, 1.82) is 0 Å². The third-order valence-electron chi connectivity index (χ3n) is 4.88. The summed E-state index contributed by atoms with van der Waals surface area (Å²) in [4.78, 5) is 43.6. The first-order valence-corrected chi connectivity index (χ1v) is 11.5. The summed E-state index contributed by atoms with van der Waals surface area (Å²) in [7, 11) is 0. The zero-order valence-electron chi connectivity index (χ0n) is 19.0. The number of hydrogen-bond donors (Lipinski definition) is 4. The van der Waals surface area contributed by atoms with E-state index < -0.39 is 4.92 Å². The van der Waals surface area contributed by atoms with Crippen LogP contribution in [-0.4, -0.2) is 34.2 Å². The molecule has 0 aliphatic carbocycles. The molecule has 11 nitrogen and oxygen atoms in total. The minimum absolute atomic E-state index is 0.00367. The molecule has 0 bridgehead atoms. The van der Waals surface area contributed by atoms with Gasteiger partial charge in [0.25, 0.3) is 11.6 Å². The molecule has 0 radical (unpaired) electrons. The van der Waals surface area contributed by atoms with Crippen molar-refractivity contribution in [2.24, 2.45) is 16.5 Å². The fourth-order valence-corrected chi connectivity index (χ4v) is 4.31. The number of hydrogen-bond acceptors (Lipinski definition) is 7. The zero-order chi connectivity index (χ0) is 25.4. The van der Waals surface area contributed by atoms with E-state index >= 15 is 0 Å². The number of non-ortho nitro benzene ring substituents is 1. The average Bonchev–Trinajstić information content (AvgIpc) is 3.18. The van der Waals surface area contributed by atoms with Gasteiger partial charge in [0.1, 0.15) is 0 Å². The van der Waals surface area contributed by atoms with Crippen molar-refractivity contribution in [3.8, 4) is 0 Å². The number of rotatable bonds is 10. The normalized spacial score (nSPS) is 10.4. The quantitative estimate of drug-likeness (QED) is 0.144. The summed E-state index contributed by atoms with van der Waals surface area (Å²) in [5.41, 5.74) is 13.6. The van der Waals surface area contributed by atoms with Crippen molar-refractivity contribution < 1.29 is 14.5 Å². The lowest BCUT2D eigenvalue weighted by atomic mass is 10.1. The second-order valence-electron chi connectivity index (χ2n) is 7.58. The Balaban J connectivity index is 1.63. The molecule has 1 aromatic heterocycles. The lowest BCUT2D eigenvalue weighted by molar-refractivity contribution is -0.384. The number of carbonyl (C=O) groups is 2. The number of guanidine groups is 1. The summed E-state index contributed by atoms with van der Waals surface area (Å²) in [5.74, 6) is -0.538. The maximum Gasteiger partial charge on any atom is 0.269 e. The Morgan fingerprint density at radius 3 is 2.34 bits per heavy atom. The molecule has 0 spiro atoms. The Morgan fingerprint density at radius 1 is 1.06 bits per heavy atom. The van der Waals surface area contributed by atoms with Crippen LogP contribution in [0, 0.1) is 10.1 Å². The smallest absolute Gasteiger partial charge is 0.269 e. The number of carbonyl (C=O) groups excluding carboxylic acids is 2. The number of aryl methyl sites for hydroxylation is 2. The third-order valence-corrected chi connectivity index (χ3v) is 5.96. The van der Waals surface area contributed by atoms with E-state index in [1.807, 2.05) is 24.3 Å². The SMILES string of the molecule is CC(=O)Nc1nc(CCc2ccc(N=C(N)N)cc2)c(CCNC(=O)c2ccc([N+](=O)[O-])cc2)s1. The van der Waals surface area contributed by atoms with Crippen molar-refractivity contribution in [1.82, 2.24) is 10.3 Å². The summed E-state index contributed by atoms with van der Waals surface area (Å²) in [5, 5.41) is 16.8. The Bertz CT molecular complexity index is 1230. The van der Waals surface area contributed by atoms with Crippen molar-refractivity contribution in [3.63, 3.8) is 0 Å². The van der Waals surface area contributed by atoms with E-state index in [-0.39, 0.29) is 23.5 Å². The second-order valence-corrected chi connectivity index (χ2v) is 8.67. The van der Waals surface area contributed by atoms with Gasteiger partial charge in [0.15, 0.2) is 11.1 Å². The van der Waals surface area contributed by atoms with Crippen LogP contribution < -0.4 is 22.1 Å². The van der Waals surface area contributed by atoms with Gasteiger partial charge in [-0.2, -0.15) is 0 Å². The van der Waals surface area contributed by atoms with Crippen LogP contribution in [-0.2, 0) is 24.1 Å². The predicted octanol–water partition coefficient (Wildman–Crippen LogP) is 2.67. The number of nitrogens with two attached hydrogens (primary N) is 2. The number of anilines is 1. The molecule has 35 heavy (non-hydrogen) atoms. The fraction of sp³-hybridized carbons (Fsp3) is 0.217. The molecule has 2 amide bonds. The number of amides is 2. The molecule has 0 aliphatic rings. The molecule has 182 valence electrons. The molecule has 3 rings (SSSR count). The summed E-state index contributed by atoms with van der Waals surface area (Å²) in [6, 6.07) is 12.9. The molecular formula is C23H25N7O4S. The number of nitro groups is 1. The van der Waals surface area contributed by atoms with E-state index in [2.05, 4.69) is 20.6 Å². The lowest BCUT2D eigenvalue weighted by Gasteiger charge is -2.06. The van der Waals surface area contributed by atoms with Crippen LogP contribution in [0.1, 0.15) is 33.4 Å². The standard InChI is InChI=1S/C23H25N7O4S/c1-14(31)27-23-29-19(11-4-15-2-7-17(8-3-15)28-22(24)25)20(35-23)12-13-26-21(32)16-5-9-18(10-6-16)30(33)34/h2-3,5-10H,4,11-13H2,1H3,(H,26,32)(H4,24,25,28)(H,27,29,31). The van der Waals surface area contributed by atoms with Crippen molar-refractivity contribution in [3.05, 3.63) is 80.3 Å². The van der Waals surface area contributed by atoms with Gasteiger partial charge in [-0.3, -0.25) is 19.7 Å². The summed E-state index contributed by atoms with van der Waals surface area (Å²) < 4.78 is 0. The largest absolute Gasteiger partial charge is 0.370 e. The van der Waals surface area contributed by atoms with Gasteiger partial charge in [0.05, 0.1) is 16.3 Å². The van der Waals surface area contributed by atoms with Gasteiger partial charge in [-0.1, -0.05) is 12.1 Å². The van der Waals surface area contributed by atoms with Crippen molar-refractivity contribution in [2.75, 3.05) is 11.9 Å². The number of aromatic nitrogens is 1. The topological polar surface area (TPSA) is 179 Å². The van der Waals surface area contributed by atoms with Gasteiger partial charge >= 0.3 is 0 Å². The van der Waals surface area contributed by atoms with Crippen molar-refractivity contribution >= 4 is 45.6 Å². The number of nitrogens with one attached hydrogen (secondary N) is 2. The molecule has 0 aliphatic heterocycles. The van der Waals surface area contributed by atoms with Gasteiger partial charge in [-0.25, -0.2) is 9.98 Å². The first-order chi connectivity index (χ1) is 16.7.